The van der Waals surface area contributed by atoms with E-state index in [1.165, 1.54) is 12.1 Å². The normalized spacial score (nSPS) is 19.9. The molecule has 1 aliphatic rings. The molecule has 1 saturated heterocycles. The molecule has 0 N–H and O–H groups in total. The summed E-state index contributed by atoms with van der Waals surface area (Å²) in [7, 11) is 0. The minimum Gasteiger partial charge on any atom is -0.335 e. The Hall–Kier alpha value is -0.420. The first-order valence-corrected chi connectivity index (χ1v) is 7.87. The van der Waals surface area contributed by atoms with Gasteiger partial charge in [-0.2, -0.15) is 0 Å². The average molecular weight is 379 g/mol. The first-order valence-electron chi connectivity index (χ1n) is 5.95. The third kappa shape index (κ3) is 2.94. The Labute approximate surface area is 123 Å². The van der Waals surface area contributed by atoms with Gasteiger partial charge in [-0.05, 0) is 53.4 Å². The van der Waals surface area contributed by atoms with E-state index in [9.17, 15) is 9.18 Å². The van der Waals surface area contributed by atoms with Crippen LogP contribution in [-0.4, -0.2) is 28.7 Å². The van der Waals surface area contributed by atoms with Crippen molar-refractivity contribution in [2.75, 3.05) is 11.9 Å². The standard InChI is InChI=1S/C13H14Br2FNO/c14-8-10-3-1-2-6-17(10)13(18)11-5-4-9(16)7-12(11)15/h4-5,7,10H,1-3,6,8H2. The lowest BCUT2D eigenvalue weighted by atomic mass is 10.0. The molecular weight excluding hydrogens is 365 g/mol. The van der Waals surface area contributed by atoms with E-state index in [2.05, 4.69) is 31.9 Å². The highest BCUT2D eigenvalue weighted by molar-refractivity contribution is 9.10. The number of hydrogen-bond acceptors (Lipinski definition) is 1. The molecule has 0 aromatic heterocycles. The van der Waals surface area contributed by atoms with Crippen LogP contribution in [0.2, 0.25) is 0 Å². The molecule has 1 aromatic carbocycles. The lowest BCUT2D eigenvalue weighted by molar-refractivity contribution is 0.0641. The van der Waals surface area contributed by atoms with E-state index in [1.807, 2.05) is 4.90 Å². The van der Waals surface area contributed by atoms with E-state index in [1.54, 1.807) is 6.07 Å². The molecule has 1 unspecified atom stereocenters. The molecule has 1 amide bonds. The van der Waals surface area contributed by atoms with Gasteiger partial charge < -0.3 is 4.90 Å². The van der Waals surface area contributed by atoms with Crippen molar-refractivity contribution >= 4 is 37.8 Å². The van der Waals surface area contributed by atoms with Crippen LogP contribution in [0.1, 0.15) is 29.6 Å². The fourth-order valence-electron chi connectivity index (χ4n) is 2.25. The van der Waals surface area contributed by atoms with Gasteiger partial charge in [-0.25, -0.2) is 4.39 Å². The molecule has 0 spiro atoms. The van der Waals surface area contributed by atoms with Crippen molar-refractivity contribution in [3.05, 3.63) is 34.1 Å². The Balaban J connectivity index is 2.24. The third-order valence-corrected chi connectivity index (χ3v) is 4.63. The minimum absolute atomic E-state index is 0.0222. The molecule has 0 aliphatic carbocycles. The molecule has 1 heterocycles. The Morgan fingerprint density at radius 3 is 2.89 bits per heavy atom. The monoisotopic (exact) mass is 377 g/mol. The largest absolute Gasteiger partial charge is 0.335 e. The van der Waals surface area contributed by atoms with Gasteiger partial charge in [-0.1, -0.05) is 15.9 Å². The van der Waals surface area contributed by atoms with Gasteiger partial charge in [-0.3, -0.25) is 4.79 Å². The number of alkyl halides is 1. The summed E-state index contributed by atoms with van der Waals surface area (Å²) in [4.78, 5) is 14.3. The van der Waals surface area contributed by atoms with E-state index < -0.39 is 0 Å². The number of likely N-dealkylation sites (tertiary alicyclic amines) is 1. The van der Waals surface area contributed by atoms with Crippen LogP contribution in [0.25, 0.3) is 0 Å². The number of hydrogen-bond donors (Lipinski definition) is 0. The second kappa shape index (κ2) is 6.15. The van der Waals surface area contributed by atoms with Crippen LogP contribution in [0, 0.1) is 5.82 Å². The van der Waals surface area contributed by atoms with Gasteiger partial charge in [0.05, 0.1) is 5.56 Å². The van der Waals surface area contributed by atoms with E-state index in [0.717, 1.165) is 31.1 Å². The zero-order valence-electron chi connectivity index (χ0n) is 9.83. The number of benzene rings is 1. The maximum atomic E-state index is 13.0. The van der Waals surface area contributed by atoms with Gasteiger partial charge in [-0.15, -0.1) is 0 Å². The van der Waals surface area contributed by atoms with Gasteiger partial charge in [0.25, 0.3) is 5.91 Å². The zero-order chi connectivity index (χ0) is 13.1. The van der Waals surface area contributed by atoms with Crippen LogP contribution in [0.4, 0.5) is 4.39 Å². The highest BCUT2D eigenvalue weighted by Gasteiger charge is 2.27. The van der Waals surface area contributed by atoms with Gasteiger partial charge in [0.15, 0.2) is 0 Å². The highest BCUT2D eigenvalue weighted by atomic mass is 79.9. The van der Waals surface area contributed by atoms with Gasteiger partial charge in [0.2, 0.25) is 0 Å². The molecule has 2 rings (SSSR count). The number of rotatable bonds is 2. The lowest BCUT2D eigenvalue weighted by Crippen LogP contribution is -2.44. The Morgan fingerprint density at radius 2 is 2.22 bits per heavy atom. The minimum atomic E-state index is -0.339. The topological polar surface area (TPSA) is 20.3 Å². The molecule has 5 heteroatoms. The lowest BCUT2D eigenvalue weighted by Gasteiger charge is -2.35. The molecule has 0 radical (unpaired) electrons. The predicted octanol–water partition coefficient (Wildman–Crippen LogP) is 3.98. The molecule has 1 aromatic rings. The number of nitrogens with zero attached hydrogens (tertiary/aromatic N) is 1. The molecule has 1 atom stereocenters. The molecule has 1 aliphatic heterocycles. The van der Waals surface area contributed by atoms with Crippen molar-refractivity contribution in [1.29, 1.82) is 0 Å². The van der Waals surface area contributed by atoms with Crippen molar-refractivity contribution in [1.82, 2.24) is 4.90 Å². The summed E-state index contributed by atoms with van der Waals surface area (Å²) < 4.78 is 13.6. The van der Waals surface area contributed by atoms with E-state index >= 15 is 0 Å². The fraction of sp³-hybridized carbons (Fsp3) is 0.462. The van der Waals surface area contributed by atoms with Crippen molar-refractivity contribution in [2.45, 2.75) is 25.3 Å². The number of piperidine rings is 1. The van der Waals surface area contributed by atoms with Crippen molar-refractivity contribution in [3.8, 4) is 0 Å². The molecule has 0 saturated carbocycles. The summed E-state index contributed by atoms with van der Waals surface area (Å²) in [6, 6.07) is 4.44. The maximum absolute atomic E-state index is 13.0. The van der Waals surface area contributed by atoms with Gasteiger partial charge in [0.1, 0.15) is 5.82 Å². The summed E-state index contributed by atoms with van der Waals surface area (Å²) in [6.07, 6.45) is 3.22. The first-order chi connectivity index (χ1) is 8.63. The molecule has 0 bridgehead atoms. The number of halogens is 3. The highest BCUT2D eigenvalue weighted by Crippen LogP contribution is 2.25. The Morgan fingerprint density at radius 1 is 1.44 bits per heavy atom. The molecular formula is C13H14Br2FNO. The molecule has 98 valence electrons. The van der Waals surface area contributed by atoms with E-state index in [4.69, 9.17) is 0 Å². The number of carbonyl (C=O) groups is 1. The smallest absolute Gasteiger partial charge is 0.255 e. The van der Waals surface area contributed by atoms with Crippen LogP contribution in [-0.2, 0) is 0 Å². The van der Waals surface area contributed by atoms with Crippen LogP contribution in [0.3, 0.4) is 0 Å². The maximum Gasteiger partial charge on any atom is 0.255 e. The van der Waals surface area contributed by atoms with Crippen LogP contribution in [0.5, 0.6) is 0 Å². The second-order valence-electron chi connectivity index (χ2n) is 4.43. The molecule has 18 heavy (non-hydrogen) atoms. The van der Waals surface area contributed by atoms with Gasteiger partial charge >= 0.3 is 0 Å². The predicted molar refractivity (Wildman–Crippen MR) is 76.6 cm³/mol. The molecule has 2 nitrogen and oxygen atoms in total. The van der Waals surface area contributed by atoms with E-state index in [-0.39, 0.29) is 17.8 Å². The summed E-state index contributed by atoms with van der Waals surface area (Å²) in [6.45, 7) is 0.777. The fourth-order valence-corrected chi connectivity index (χ4v) is 3.44. The SMILES string of the molecule is O=C(c1ccc(F)cc1Br)N1CCCCC1CBr. The first kappa shape index (κ1) is 14.0. The number of amides is 1. The van der Waals surface area contributed by atoms with Crippen LogP contribution in [0.15, 0.2) is 22.7 Å². The average Bonchev–Trinajstić information content (AvgIpc) is 2.38. The zero-order valence-corrected chi connectivity index (χ0v) is 13.0. The summed E-state index contributed by atoms with van der Waals surface area (Å²) in [5, 5.41) is 0.789. The van der Waals surface area contributed by atoms with Crippen LogP contribution < -0.4 is 0 Å². The Kier molecular flexibility index (Phi) is 4.78. The Bertz CT molecular complexity index is 453. The van der Waals surface area contributed by atoms with Crippen molar-refractivity contribution < 1.29 is 9.18 Å². The summed E-state index contributed by atoms with van der Waals surface area (Å²) in [5.41, 5.74) is 0.532. The third-order valence-electron chi connectivity index (χ3n) is 3.23. The van der Waals surface area contributed by atoms with E-state index in [0.29, 0.717) is 10.0 Å². The van der Waals surface area contributed by atoms with Crippen molar-refractivity contribution in [3.63, 3.8) is 0 Å². The van der Waals surface area contributed by atoms with Crippen molar-refractivity contribution in [2.24, 2.45) is 0 Å². The van der Waals surface area contributed by atoms with Crippen LogP contribution >= 0.6 is 31.9 Å². The second-order valence-corrected chi connectivity index (χ2v) is 5.93. The number of carbonyl (C=O) groups excluding carboxylic acids is 1. The summed E-state index contributed by atoms with van der Waals surface area (Å²) >= 11 is 6.71. The molecule has 1 fully saturated rings. The summed E-state index contributed by atoms with van der Waals surface area (Å²) in [5.74, 6) is -0.361. The quantitative estimate of drug-likeness (QED) is 0.713. The van der Waals surface area contributed by atoms with Gasteiger partial charge in [0, 0.05) is 22.4 Å².